The van der Waals surface area contributed by atoms with E-state index in [9.17, 15) is 23.6 Å². The lowest BCUT2D eigenvalue weighted by Crippen LogP contribution is -2.54. The highest BCUT2D eigenvalue weighted by molar-refractivity contribution is 6.44. The zero-order valence-electron chi connectivity index (χ0n) is 17.6. The van der Waals surface area contributed by atoms with E-state index in [-0.39, 0.29) is 24.0 Å². The number of benzene rings is 2. The highest BCUT2D eigenvalue weighted by Crippen LogP contribution is 2.24. The number of carbonyl (C=O) groups excluding carboxylic acids is 2. The Morgan fingerprint density at radius 1 is 0.909 bits per heavy atom. The minimum Gasteiger partial charge on any atom is -0.364 e. The highest BCUT2D eigenvalue weighted by Gasteiger charge is 2.32. The van der Waals surface area contributed by atoms with Crippen LogP contribution in [-0.2, 0) is 11.2 Å². The van der Waals surface area contributed by atoms with Gasteiger partial charge in [-0.3, -0.25) is 19.2 Å². The van der Waals surface area contributed by atoms with Crippen LogP contribution in [0.2, 0.25) is 0 Å². The van der Waals surface area contributed by atoms with Crippen molar-refractivity contribution in [3.63, 3.8) is 0 Å². The number of rotatable bonds is 5. The van der Waals surface area contributed by atoms with Crippen LogP contribution in [0.5, 0.6) is 0 Å². The summed E-state index contributed by atoms with van der Waals surface area (Å²) >= 11 is 0. The number of aromatic amines is 1. The molecule has 0 spiro atoms. The first-order chi connectivity index (χ1) is 16.0. The number of aromatic nitrogens is 1. The molecule has 1 aliphatic rings. The molecular weight excluding hydrogens is 425 g/mol. The van der Waals surface area contributed by atoms with Gasteiger partial charge in [-0.05, 0) is 17.7 Å². The third kappa shape index (κ3) is 3.53. The number of piperazine rings is 1. The number of nitrogens with zero attached hydrogens (tertiary/aromatic N) is 2. The molecule has 33 heavy (non-hydrogen) atoms. The number of fused-ring (bicyclic) bond motifs is 1. The van der Waals surface area contributed by atoms with Gasteiger partial charge in [0.15, 0.2) is 0 Å². The summed E-state index contributed by atoms with van der Waals surface area (Å²) in [5, 5.41) is 0.101. The van der Waals surface area contributed by atoms with Gasteiger partial charge in [0.25, 0.3) is 11.7 Å². The van der Waals surface area contributed by atoms with Crippen LogP contribution in [0.3, 0.4) is 0 Å². The van der Waals surface area contributed by atoms with Crippen molar-refractivity contribution in [2.24, 2.45) is 0 Å². The molecule has 1 N–H and O–H groups in total. The molecule has 7 nitrogen and oxygen atoms in total. The van der Waals surface area contributed by atoms with Gasteiger partial charge in [0.05, 0.1) is 11.3 Å². The lowest BCUT2D eigenvalue weighted by Gasteiger charge is -2.36. The van der Waals surface area contributed by atoms with E-state index in [2.05, 4.69) is 4.98 Å². The predicted octanol–water partition coefficient (Wildman–Crippen LogP) is 2.03. The average Bonchev–Trinajstić information content (AvgIpc) is 3.29. The normalized spacial score (nSPS) is 14.2. The second-order valence-corrected chi connectivity index (χ2v) is 8.12. The number of hydrogen-bond acceptors (Lipinski definition) is 5. The molecule has 2 heterocycles. The van der Waals surface area contributed by atoms with E-state index in [0.29, 0.717) is 36.3 Å². The van der Waals surface area contributed by atoms with Crippen molar-refractivity contribution >= 4 is 28.3 Å². The molecule has 8 heteroatoms. The number of H-pyrrole nitrogens is 1. The maximum atomic E-state index is 14.2. The van der Waals surface area contributed by atoms with Crippen LogP contribution in [0.4, 0.5) is 10.1 Å². The van der Waals surface area contributed by atoms with Crippen molar-refractivity contribution in [2.45, 2.75) is 6.42 Å². The monoisotopic (exact) mass is 445 g/mol. The third-order valence-electron chi connectivity index (χ3n) is 6.18. The number of halogens is 1. The van der Waals surface area contributed by atoms with Gasteiger partial charge < -0.3 is 14.8 Å². The number of hydrogen-bond donors (Lipinski definition) is 1. The Morgan fingerprint density at radius 3 is 2.36 bits per heavy atom. The SMILES string of the molecule is O=C(C(=O)N1CCN(c2c(Cc3ccccc3)c(=O)c2=O)CC1)c1c[nH]c2cccc(F)c12. The molecule has 0 saturated carbocycles. The second-order valence-electron chi connectivity index (χ2n) is 8.12. The lowest BCUT2D eigenvalue weighted by molar-refractivity contribution is -0.126. The number of carbonyl (C=O) groups is 2. The summed E-state index contributed by atoms with van der Waals surface area (Å²) in [6, 6.07) is 13.8. The Bertz CT molecular complexity index is 1440. The molecule has 0 atom stereocenters. The predicted molar refractivity (Wildman–Crippen MR) is 122 cm³/mol. The number of amides is 1. The van der Waals surface area contributed by atoms with Gasteiger partial charge in [0.1, 0.15) is 5.82 Å². The Labute approximate surface area is 187 Å². The molecule has 5 rings (SSSR count). The molecule has 166 valence electrons. The number of Topliss-reactive ketones (excluding diaryl/α,β-unsaturated/α-hetero) is 1. The molecule has 1 saturated heterocycles. The number of nitrogens with one attached hydrogen (secondary N) is 1. The summed E-state index contributed by atoms with van der Waals surface area (Å²) in [5.41, 5.74) is 1.30. The van der Waals surface area contributed by atoms with E-state index in [0.717, 1.165) is 5.56 Å². The van der Waals surface area contributed by atoms with Gasteiger partial charge in [0.2, 0.25) is 10.9 Å². The van der Waals surface area contributed by atoms with Gasteiger partial charge in [-0.1, -0.05) is 36.4 Å². The van der Waals surface area contributed by atoms with Crippen molar-refractivity contribution in [3.8, 4) is 0 Å². The maximum Gasteiger partial charge on any atom is 0.295 e. The molecule has 0 radical (unpaired) electrons. The second kappa shape index (κ2) is 8.12. The fraction of sp³-hybridized carbons (Fsp3) is 0.200. The van der Waals surface area contributed by atoms with Crippen LogP contribution in [0.15, 0.2) is 64.3 Å². The summed E-state index contributed by atoms with van der Waals surface area (Å²) in [7, 11) is 0. The standard InChI is InChI=1S/C25H20FN3O4/c26-18-7-4-8-19-20(18)17(14-27-19)23(31)25(33)29-11-9-28(10-12-29)21-16(22(30)24(21)32)13-15-5-2-1-3-6-15/h1-8,14,27H,9-13H2. The van der Waals surface area contributed by atoms with E-state index in [4.69, 9.17) is 0 Å². The van der Waals surface area contributed by atoms with E-state index < -0.39 is 28.4 Å². The molecule has 1 amide bonds. The molecule has 1 aromatic heterocycles. The Kier molecular flexibility index (Phi) is 5.12. The Hall–Kier alpha value is -4.07. The zero-order chi connectivity index (χ0) is 23.1. The number of anilines is 1. The van der Waals surface area contributed by atoms with Crippen LogP contribution in [-0.4, -0.2) is 47.8 Å². The van der Waals surface area contributed by atoms with E-state index in [1.54, 1.807) is 6.07 Å². The van der Waals surface area contributed by atoms with Crippen LogP contribution < -0.4 is 15.8 Å². The topological polar surface area (TPSA) is 90.6 Å². The summed E-state index contributed by atoms with van der Waals surface area (Å²) in [6.07, 6.45) is 1.73. The fourth-order valence-electron chi connectivity index (χ4n) is 4.44. The first-order valence-electron chi connectivity index (χ1n) is 10.7. The first-order valence-corrected chi connectivity index (χ1v) is 10.7. The van der Waals surface area contributed by atoms with E-state index >= 15 is 0 Å². The van der Waals surface area contributed by atoms with Crippen LogP contribution in [0.1, 0.15) is 21.5 Å². The summed E-state index contributed by atoms with van der Waals surface area (Å²) in [4.78, 5) is 56.1. The Morgan fingerprint density at radius 2 is 1.64 bits per heavy atom. The highest BCUT2D eigenvalue weighted by atomic mass is 19.1. The minimum atomic E-state index is -0.779. The zero-order valence-corrected chi connectivity index (χ0v) is 17.6. The third-order valence-corrected chi connectivity index (χ3v) is 6.18. The molecule has 0 bridgehead atoms. The lowest BCUT2D eigenvalue weighted by atomic mass is 9.97. The van der Waals surface area contributed by atoms with Crippen molar-refractivity contribution in [1.82, 2.24) is 9.88 Å². The van der Waals surface area contributed by atoms with Crippen molar-refractivity contribution in [1.29, 1.82) is 0 Å². The maximum absolute atomic E-state index is 14.2. The summed E-state index contributed by atoms with van der Waals surface area (Å²) in [6.45, 7) is 1.10. The summed E-state index contributed by atoms with van der Waals surface area (Å²) in [5.74, 6) is -2.06. The summed E-state index contributed by atoms with van der Waals surface area (Å²) < 4.78 is 14.2. The van der Waals surface area contributed by atoms with Crippen molar-refractivity contribution in [2.75, 3.05) is 31.1 Å². The molecule has 0 aliphatic carbocycles. The quantitative estimate of drug-likeness (QED) is 0.375. The smallest absolute Gasteiger partial charge is 0.295 e. The first kappa shape index (κ1) is 20.8. The van der Waals surface area contributed by atoms with Gasteiger partial charge >= 0.3 is 0 Å². The Balaban J connectivity index is 1.29. The average molecular weight is 445 g/mol. The van der Waals surface area contributed by atoms with Crippen LogP contribution in [0.25, 0.3) is 10.9 Å². The number of ketones is 1. The van der Waals surface area contributed by atoms with Crippen LogP contribution in [0, 0.1) is 5.82 Å². The van der Waals surface area contributed by atoms with Gasteiger partial charge in [-0.25, -0.2) is 4.39 Å². The molecule has 1 fully saturated rings. The van der Waals surface area contributed by atoms with E-state index in [1.807, 2.05) is 35.2 Å². The van der Waals surface area contributed by atoms with Gasteiger partial charge in [-0.2, -0.15) is 0 Å². The largest absolute Gasteiger partial charge is 0.364 e. The molecular formula is C25H20FN3O4. The minimum absolute atomic E-state index is 0.00292. The van der Waals surface area contributed by atoms with Gasteiger partial charge in [0, 0.05) is 55.3 Å². The van der Waals surface area contributed by atoms with Gasteiger partial charge in [-0.15, -0.1) is 0 Å². The van der Waals surface area contributed by atoms with Crippen LogP contribution >= 0.6 is 0 Å². The molecule has 1 aliphatic heterocycles. The van der Waals surface area contributed by atoms with Crippen molar-refractivity contribution in [3.05, 3.63) is 97.7 Å². The molecule has 0 unspecified atom stereocenters. The van der Waals surface area contributed by atoms with E-state index in [1.165, 1.54) is 23.2 Å². The molecule has 4 aromatic rings. The fourth-order valence-corrected chi connectivity index (χ4v) is 4.44. The molecule has 3 aromatic carbocycles. The van der Waals surface area contributed by atoms with Crippen molar-refractivity contribution < 1.29 is 14.0 Å².